The van der Waals surface area contributed by atoms with Crippen LogP contribution in [0.25, 0.3) is 0 Å². The van der Waals surface area contributed by atoms with Crippen LogP contribution >= 0.6 is 0 Å². The summed E-state index contributed by atoms with van der Waals surface area (Å²) in [6.45, 7) is 7.66. The van der Waals surface area contributed by atoms with E-state index < -0.39 is 0 Å². The van der Waals surface area contributed by atoms with Gasteiger partial charge in [0.25, 0.3) is 0 Å². The Labute approximate surface area is 128 Å². The molecule has 3 rings (SSSR count). The molecule has 21 heavy (non-hydrogen) atoms. The largest absolute Gasteiger partial charge is 0.493 e. The molecular weight excluding hydrogens is 260 g/mol. The SMILES string of the molecule is Cc1ccc(OCCCN2CCCC2)c(CNC2CC2)c1. The fraction of sp³-hybridized carbons (Fsp3) is 0.667. The average Bonchev–Trinajstić information content (AvgIpc) is 3.17. The minimum absolute atomic E-state index is 0.744. The molecule has 1 heterocycles. The van der Waals surface area contributed by atoms with E-state index in [0.29, 0.717) is 0 Å². The molecule has 3 nitrogen and oxygen atoms in total. The number of aryl methyl sites for hydroxylation is 1. The topological polar surface area (TPSA) is 24.5 Å². The van der Waals surface area contributed by atoms with Gasteiger partial charge in [-0.15, -0.1) is 0 Å². The van der Waals surface area contributed by atoms with Gasteiger partial charge < -0.3 is 15.0 Å². The molecule has 3 heteroatoms. The van der Waals surface area contributed by atoms with Crippen molar-refractivity contribution in [2.45, 2.75) is 51.6 Å². The van der Waals surface area contributed by atoms with E-state index in [0.717, 1.165) is 31.4 Å². The average molecular weight is 288 g/mol. The number of nitrogens with zero attached hydrogens (tertiary/aromatic N) is 1. The second kappa shape index (κ2) is 7.28. The molecular formula is C18H28N2O. The number of ether oxygens (including phenoxy) is 1. The van der Waals surface area contributed by atoms with Crippen LogP contribution < -0.4 is 10.1 Å². The van der Waals surface area contributed by atoms with Gasteiger partial charge in [-0.05, 0) is 58.2 Å². The van der Waals surface area contributed by atoms with E-state index in [9.17, 15) is 0 Å². The van der Waals surface area contributed by atoms with Crippen LogP contribution in [-0.2, 0) is 6.54 Å². The Morgan fingerprint density at radius 2 is 2.05 bits per heavy atom. The molecule has 116 valence electrons. The lowest BCUT2D eigenvalue weighted by Gasteiger charge is -2.16. The maximum absolute atomic E-state index is 6.04. The van der Waals surface area contributed by atoms with Crippen molar-refractivity contribution in [2.24, 2.45) is 0 Å². The molecule has 1 aromatic rings. The lowest BCUT2D eigenvalue weighted by atomic mass is 10.1. The van der Waals surface area contributed by atoms with Crippen molar-refractivity contribution in [3.05, 3.63) is 29.3 Å². The summed E-state index contributed by atoms with van der Waals surface area (Å²) in [7, 11) is 0. The molecule has 0 amide bonds. The standard InChI is InChI=1S/C18H28N2O/c1-15-5-8-18(16(13-15)14-19-17-6-7-17)21-12-4-11-20-9-2-3-10-20/h5,8,13,17,19H,2-4,6-7,9-12,14H2,1H3. The summed E-state index contributed by atoms with van der Waals surface area (Å²) in [6, 6.07) is 7.28. The fourth-order valence-corrected chi connectivity index (χ4v) is 3.01. The summed E-state index contributed by atoms with van der Waals surface area (Å²) in [5, 5.41) is 3.59. The maximum Gasteiger partial charge on any atom is 0.123 e. The van der Waals surface area contributed by atoms with Crippen molar-refractivity contribution >= 4 is 0 Å². The first-order chi connectivity index (χ1) is 10.3. The molecule has 0 bridgehead atoms. The Bertz CT molecular complexity index is 451. The lowest BCUT2D eigenvalue weighted by molar-refractivity contribution is 0.261. The highest BCUT2D eigenvalue weighted by molar-refractivity contribution is 5.37. The fourth-order valence-electron chi connectivity index (χ4n) is 3.01. The van der Waals surface area contributed by atoms with Gasteiger partial charge in [0.05, 0.1) is 6.61 Å². The van der Waals surface area contributed by atoms with E-state index in [4.69, 9.17) is 4.74 Å². The highest BCUT2D eigenvalue weighted by atomic mass is 16.5. The van der Waals surface area contributed by atoms with Crippen LogP contribution in [0.3, 0.4) is 0 Å². The van der Waals surface area contributed by atoms with Gasteiger partial charge in [0.2, 0.25) is 0 Å². The van der Waals surface area contributed by atoms with Crippen molar-refractivity contribution in [2.75, 3.05) is 26.2 Å². The van der Waals surface area contributed by atoms with Gasteiger partial charge in [0.15, 0.2) is 0 Å². The highest BCUT2D eigenvalue weighted by Crippen LogP contribution is 2.24. The number of likely N-dealkylation sites (tertiary alicyclic amines) is 1. The molecule has 0 spiro atoms. The number of rotatable bonds is 8. The number of nitrogens with one attached hydrogen (secondary N) is 1. The first-order valence-electron chi connectivity index (χ1n) is 8.49. The lowest BCUT2D eigenvalue weighted by Crippen LogP contribution is -2.22. The van der Waals surface area contributed by atoms with Crippen LogP contribution in [-0.4, -0.2) is 37.2 Å². The van der Waals surface area contributed by atoms with Crippen molar-refractivity contribution in [1.29, 1.82) is 0 Å². The van der Waals surface area contributed by atoms with E-state index in [1.54, 1.807) is 0 Å². The quantitative estimate of drug-likeness (QED) is 0.744. The summed E-state index contributed by atoms with van der Waals surface area (Å²) < 4.78 is 6.04. The van der Waals surface area contributed by atoms with Crippen LogP contribution in [0.1, 0.15) is 43.2 Å². The van der Waals surface area contributed by atoms with Gasteiger partial charge in [-0.3, -0.25) is 0 Å². The van der Waals surface area contributed by atoms with Crippen LogP contribution in [0.4, 0.5) is 0 Å². The van der Waals surface area contributed by atoms with Crippen molar-refractivity contribution in [3.63, 3.8) is 0 Å². The first kappa shape index (κ1) is 14.9. The highest BCUT2D eigenvalue weighted by Gasteiger charge is 2.20. The molecule has 1 saturated heterocycles. The monoisotopic (exact) mass is 288 g/mol. The third-order valence-corrected chi connectivity index (χ3v) is 4.45. The van der Waals surface area contributed by atoms with Gasteiger partial charge in [-0.1, -0.05) is 17.7 Å². The van der Waals surface area contributed by atoms with Crippen molar-refractivity contribution < 1.29 is 4.74 Å². The zero-order chi connectivity index (χ0) is 14.5. The van der Waals surface area contributed by atoms with E-state index >= 15 is 0 Å². The van der Waals surface area contributed by atoms with Gasteiger partial charge in [0.1, 0.15) is 5.75 Å². The van der Waals surface area contributed by atoms with E-state index in [1.807, 2.05) is 0 Å². The number of benzene rings is 1. The van der Waals surface area contributed by atoms with E-state index in [1.165, 1.54) is 56.4 Å². The molecule has 1 aliphatic carbocycles. The van der Waals surface area contributed by atoms with Gasteiger partial charge in [0, 0.05) is 24.7 Å². The Morgan fingerprint density at radius 1 is 1.24 bits per heavy atom. The van der Waals surface area contributed by atoms with Gasteiger partial charge in [-0.2, -0.15) is 0 Å². The van der Waals surface area contributed by atoms with Crippen LogP contribution in [0.2, 0.25) is 0 Å². The van der Waals surface area contributed by atoms with E-state index in [2.05, 4.69) is 35.3 Å². The minimum atomic E-state index is 0.744. The Hall–Kier alpha value is -1.06. The molecule has 1 aliphatic heterocycles. The predicted octanol–water partition coefficient (Wildman–Crippen LogP) is 3.11. The molecule has 0 aromatic heterocycles. The summed E-state index contributed by atoms with van der Waals surface area (Å²) in [4.78, 5) is 2.55. The molecule has 1 aromatic carbocycles. The molecule has 1 saturated carbocycles. The zero-order valence-electron chi connectivity index (χ0n) is 13.2. The van der Waals surface area contributed by atoms with Crippen molar-refractivity contribution in [1.82, 2.24) is 10.2 Å². The summed E-state index contributed by atoms with van der Waals surface area (Å²) >= 11 is 0. The second-order valence-electron chi connectivity index (χ2n) is 6.52. The third-order valence-electron chi connectivity index (χ3n) is 4.45. The molecule has 2 aliphatic rings. The smallest absolute Gasteiger partial charge is 0.123 e. The summed E-state index contributed by atoms with van der Waals surface area (Å²) in [5.41, 5.74) is 2.62. The van der Waals surface area contributed by atoms with Crippen LogP contribution in [0.15, 0.2) is 18.2 Å². The number of hydrogen-bond donors (Lipinski definition) is 1. The number of hydrogen-bond acceptors (Lipinski definition) is 3. The van der Waals surface area contributed by atoms with Crippen LogP contribution in [0, 0.1) is 6.92 Å². The minimum Gasteiger partial charge on any atom is -0.493 e. The van der Waals surface area contributed by atoms with Crippen molar-refractivity contribution in [3.8, 4) is 5.75 Å². The Balaban J connectivity index is 1.46. The van der Waals surface area contributed by atoms with Gasteiger partial charge >= 0.3 is 0 Å². The summed E-state index contributed by atoms with van der Waals surface area (Å²) in [5.74, 6) is 1.06. The molecule has 0 unspecified atom stereocenters. The molecule has 0 radical (unpaired) electrons. The van der Waals surface area contributed by atoms with E-state index in [-0.39, 0.29) is 0 Å². The first-order valence-corrected chi connectivity index (χ1v) is 8.49. The summed E-state index contributed by atoms with van der Waals surface area (Å²) in [6.07, 6.45) is 6.53. The molecule has 0 atom stereocenters. The van der Waals surface area contributed by atoms with Gasteiger partial charge in [-0.25, -0.2) is 0 Å². The maximum atomic E-state index is 6.04. The predicted molar refractivity (Wildman–Crippen MR) is 86.8 cm³/mol. The second-order valence-corrected chi connectivity index (χ2v) is 6.52. The Morgan fingerprint density at radius 3 is 2.81 bits per heavy atom. The zero-order valence-corrected chi connectivity index (χ0v) is 13.2. The third kappa shape index (κ3) is 4.72. The Kier molecular flexibility index (Phi) is 5.15. The normalized spacial score (nSPS) is 19.1. The van der Waals surface area contributed by atoms with Crippen LogP contribution in [0.5, 0.6) is 5.75 Å². The molecule has 2 fully saturated rings. The molecule has 1 N–H and O–H groups in total.